The van der Waals surface area contributed by atoms with Gasteiger partial charge in [0.05, 0.1) is 23.5 Å². The highest BCUT2D eigenvalue weighted by Crippen LogP contribution is 2.32. The van der Waals surface area contributed by atoms with E-state index in [0.717, 1.165) is 17.3 Å². The van der Waals surface area contributed by atoms with Crippen LogP contribution in [0.25, 0.3) is 6.08 Å². The summed E-state index contributed by atoms with van der Waals surface area (Å²) < 4.78 is 28.4. The average molecular weight is 427 g/mol. The lowest BCUT2D eigenvalue weighted by molar-refractivity contribution is -0.129. The largest absolute Gasteiger partial charge is 0.497 e. The molecule has 7 nitrogen and oxygen atoms in total. The number of hydrogen-bond acceptors (Lipinski definition) is 7. The molecule has 0 aromatic heterocycles. The van der Waals surface area contributed by atoms with E-state index in [2.05, 4.69) is 5.32 Å². The van der Waals surface area contributed by atoms with Crippen LogP contribution in [0.1, 0.15) is 12.0 Å². The van der Waals surface area contributed by atoms with Crippen molar-refractivity contribution in [1.29, 1.82) is 0 Å². The lowest BCUT2D eigenvalue weighted by atomic mass is 10.2. The molecule has 2 fully saturated rings. The zero-order chi connectivity index (χ0) is 19.6. The first-order chi connectivity index (χ1) is 12.8. The summed E-state index contributed by atoms with van der Waals surface area (Å²) in [6.07, 6.45) is 2.09. The van der Waals surface area contributed by atoms with Gasteiger partial charge in [0.1, 0.15) is 16.6 Å². The molecule has 0 bridgehead atoms. The molecule has 1 aromatic carbocycles. The van der Waals surface area contributed by atoms with E-state index in [1.165, 1.54) is 4.90 Å². The van der Waals surface area contributed by atoms with Crippen molar-refractivity contribution in [2.45, 2.75) is 12.5 Å². The lowest BCUT2D eigenvalue weighted by Crippen LogP contribution is -2.43. The van der Waals surface area contributed by atoms with Crippen LogP contribution in [0.15, 0.2) is 29.2 Å². The maximum Gasteiger partial charge on any atom is 0.266 e. The Morgan fingerprint density at radius 2 is 2.26 bits per heavy atom. The predicted molar refractivity (Wildman–Crippen MR) is 108 cm³/mol. The van der Waals surface area contributed by atoms with Gasteiger partial charge in [0.2, 0.25) is 5.91 Å². The van der Waals surface area contributed by atoms with Crippen molar-refractivity contribution in [1.82, 2.24) is 10.2 Å². The van der Waals surface area contributed by atoms with Gasteiger partial charge in [-0.25, -0.2) is 8.42 Å². The molecule has 2 heterocycles. The SMILES string of the molecule is COc1cccc(/C=C2\SC(=S)N(CC(=O)NC3CCS(=O)(=O)C3)C2=O)c1. The Hall–Kier alpha value is -1.91. The van der Waals surface area contributed by atoms with Crippen LogP contribution in [0.4, 0.5) is 0 Å². The predicted octanol–water partition coefficient (Wildman–Crippen LogP) is 1.20. The molecule has 144 valence electrons. The summed E-state index contributed by atoms with van der Waals surface area (Å²) in [5.41, 5.74) is 0.787. The Labute approximate surface area is 167 Å². The minimum absolute atomic E-state index is 0.0626. The molecule has 1 unspecified atom stereocenters. The van der Waals surface area contributed by atoms with E-state index in [1.54, 1.807) is 25.3 Å². The number of ether oxygens (including phenoxy) is 1. The van der Waals surface area contributed by atoms with E-state index < -0.39 is 21.8 Å². The Bertz CT molecular complexity index is 926. The fraction of sp³-hybridized carbons (Fsp3) is 0.353. The van der Waals surface area contributed by atoms with Crippen LogP contribution in [0, 0.1) is 0 Å². The average Bonchev–Trinajstić information content (AvgIpc) is 3.08. The first-order valence-corrected chi connectivity index (χ1v) is 11.2. The molecule has 0 aliphatic carbocycles. The third-order valence-electron chi connectivity index (χ3n) is 4.16. The second-order valence-electron chi connectivity index (χ2n) is 6.21. The quantitative estimate of drug-likeness (QED) is 0.559. The van der Waals surface area contributed by atoms with Gasteiger partial charge in [-0.3, -0.25) is 14.5 Å². The molecule has 2 aliphatic heterocycles. The second-order valence-corrected chi connectivity index (χ2v) is 10.1. The number of methoxy groups -OCH3 is 1. The van der Waals surface area contributed by atoms with Gasteiger partial charge < -0.3 is 10.1 Å². The van der Waals surface area contributed by atoms with E-state index in [0.29, 0.717) is 21.4 Å². The van der Waals surface area contributed by atoms with Crippen molar-refractivity contribution in [3.8, 4) is 5.75 Å². The van der Waals surface area contributed by atoms with Crippen molar-refractivity contribution in [2.24, 2.45) is 0 Å². The molecular formula is C17H18N2O5S3. The Kier molecular flexibility index (Phi) is 5.87. The van der Waals surface area contributed by atoms with Gasteiger partial charge in [-0.15, -0.1) is 0 Å². The summed E-state index contributed by atoms with van der Waals surface area (Å²) in [6, 6.07) is 6.83. The van der Waals surface area contributed by atoms with Crippen molar-refractivity contribution in [3.63, 3.8) is 0 Å². The Morgan fingerprint density at radius 1 is 1.48 bits per heavy atom. The number of sulfone groups is 1. The number of hydrogen-bond donors (Lipinski definition) is 1. The highest BCUT2D eigenvalue weighted by molar-refractivity contribution is 8.26. The topological polar surface area (TPSA) is 92.8 Å². The van der Waals surface area contributed by atoms with Crippen LogP contribution in [0.2, 0.25) is 0 Å². The van der Waals surface area contributed by atoms with Gasteiger partial charge in [0.15, 0.2) is 9.84 Å². The number of nitrogens with zero attached hydrogens (tertiary/aromatic N) is 1. The smallest absolute Gasteiger partial charge is 0.266 e. The summed E-state index contributed by atoms with van der Waals surface area (Å²) in [5, 5.41) is 2.67. The lowest BCUT2D eigenvalue weighted by Gasteiger charge is -2.16. The number of benzene rings is 1. The standard InChI is InChI=1S/C17H18N2O5S3/c1-24-13-4-2-3-11(7-13)8-14-16(21)19(17(25)26-14)9-15(20)18-12-5-6-27(22,23)10-12/h2-4,7-8,12H,5-6,9-10H2,1H3,(H,18,20)/b14-8-. The molecule has 27 heavy (non-hydrogen) atoms. The number of amides is 2. The van der Waals surface area contributed by atoms with Gasteiger partial charge in [0, 0.05) is 6.04 Å². The summed E-state index contributed by atoms with van der Waals surface area (Å²) in [7, 11) is -1.52. The number of thiocarbonyl (C=S) groups is 1. The maximum absolute atomic E-state index is 12.6. The summed E-state index contributed by atoms with van der Waals surface area (Å²) >= 11 is 6.35. The fourth-order valence-electron chi connectivity index (χ4n) is 2.84. The van der Waals surface area contributed by atoms with Crippen molar-refractivity contribution < 1.29 is 22.7 Å². The number of rotatable bonds is 5. The van der Waals surface area contributed by atoms with Crippen LogP contribution in [0.3, 0.4) is 0 Å². The summed E-state index contributed by atoms with van der Waals surface area (Å²) in [6.45, 7) is -0.226. The van der Waals surface area contributed by atoms with E-state index in [1.807, 2.05) is 12.1 Å². The van der Waals surface area contributed by atoms with Crippen LogP contribution < -0.4 is 10.1 Å². The molecule has 2 saturated heterocycles. The van der Waals surface area contributed by atoms with Crippen molar-refractivity contribution >= 4 is 56.0 Å². The molecule has 10 heteroatoms. The second kappa shape index (κ2) is 7.99. The van der Waals surface area contributed by atoms with E-state index in [-0.39, 0.29) is 24.0 Å². The fourth-order valence-corrected chi connectivity index (χ4v) is 5.77. The summed E-state index contributed by atoms with van der Waals surface area (Å²) in [4.78, 5) is 26.4. The van der Waals surface area contributed by atoms with Crippen molar-refractivity contribution in [2.75, 3.05) is 25.2 Å². The van der Waals surface area contributed by atoms with Gasteiger partial charge in [-0.1, -0.05) is 36.1 Å². The third kappa shape index (κ3) is 4.88. The number of nitrogens with one attached hydrogen (secondary N) is 1. The molecular weight excluding hydrogens is 408 g/mol. The molecule has 0 radical (unpaired) electrons. The number of thioether (sulfide) groups is 1. The zero-order valence-electron chi connectivity index (χ0n) is 14.5. The maximum atomic E-state index is 12.6. The monoisotopic (exact) mass is 426 g/mol. The van der Waals surface area contributed by atoms with E-state index in [9.17, 15) is 18.0 Å². The molecule has 3 rings (SSSR count). The highest BCUT2D eigenvalue weighted by Gasteiger charge is 2.35. The minimum Gasteiger partial charge on any atom is -0.497 e. The molecule has 1 aromatic rings. The minimum atomic E-state index is -3.08. The number of carbonyl (C=O) groups is 2. The molecule has 1 atom stereocenters. The van der Waals surface area contributed by atoms with Crippen LogP contribution in [0.5, 0.6) is 5.75 Å². The van der Waals surface area contributed by atoms with Gasteiger partial charge in [-0.2, -0.15) is 0 Å². The molecule has 0 saturated carbocycles. The molecule has 0 spiro atoms. The summed E-state index contributed by atoms with van der Waals surface area (Å²) in [5.74, 6) is -0.0852. The van der Waals surface area contributed by atoms with Gasteiger partial charge in [0.25, 0.3) is 5.91 Å². The Balaban J connectivity index is 1.65. The van der Waals surface area contributed by atoms with Crippen LogP contribution in [-0.4, -0.2) is 60.7 Å². The van der Waals surface area contributed by atoms with E-state index in [4.69, 9.17) is 17.0 Å². The first-order valence-electron chi connectivity index (χ1n) is 8.16. The first kappa shape index (κ1) is 19.8. The van der Waals surface area contributed by atoms with Gasteiger partial charge >= 0.3 is 0 Å². The molecule has 2 aliphatic rings. The van der Waals surface area contributed by atoms with E-state index >= 15 is 0 Å². The molecule has 1 N–H and O–H groups in total. The normalized spacial score (nSPS) is 23.1. The number of carbonyl (C=O) groups excluding carboxylic acids is 2. The Morgan fingerprint density at radius 3 is 2.93 bits per heavy atom. The van der Waals surface area contributed by atoms with Crippen LogP contribution in [-0.2, 0) is 19.4 Å². The third-order valence-corrected chi connectivity index (χ3v) is 7.31. The zero-order valence-corrected chi connectivity index (χ0v) is 17.0. The van der Waals surface area contributed by atoms with Gasteiger partial charge in [-0.05, 0) is 30.2 Å². The van der Waals surface area contributed by atoms with Crippen molar-refractivity contribution in [3.05, 3.63) is 34.7 Å². The van der Waals surface area contributed by atoms with Crippen LogP contribution >= 0.6 is 24.0 Å². The molecule has 2 amide bonds. The highest BCUT2D eigenvalue weighted by atomic mass is 32.2.